The van der Waals surface area contributed by atoms with E-state index in [0.717, 1.165) is 21.3 Å². The van der Waals surface area contributed by atoms with E-state index in [-0.39, 0.29) is 23.6 Å². The van der Waals surface area contributed by atoms with Gasteiger partial charge in [-0.15, -0.1) is 11.3 Å². The van der Waals surface area contributed by atoms with E-state index in [1.54, 1.807) is 36.3 Å². The summed E-state index contributed by atoms with van der Waals surface area (Å²) in [4.78, 5) is 41.9. The summed E-state index contributed by atoms with van der Waals surface area (Å²) in [6.45, 7) is 1.87. The van der Waals surface area contributed by atoms with Gasteiger partial charge in [-0.1, -0.05) is 0 Å². The monoisotopic (exact) mass is 453 g/mol. The molecular formula is C22H23N5O4S. The van der Waals surface area contributed by atoms with Gasteiger partial charge in [0.25, 0.3) is 11.8 Å². The second kappa shape index (κ2) is 8.36. The van der Waals surface area contributed by atoms with Crippen molar-refractivity contribution in [3.8, 4) is 0 Å². The zero-order valence-electron chi connectivity index (χ0n) is 17.5. The summed E-state index contributed by atoms with van der Waals surface area (Å²) < 4.78 is 5.31. The summed E-state index contributed by atoms with van der Waals surface area (Å²) >= 11 is 1.47. The number of nitrogens with one attached hydrogen (secondary N) is 3. The zero-order valence-corrected chi connectivity index (χ0v) is 18.3. The first-order valence-electron chi connectivity index (χ1n) is 10.5. The Bertz CT molecular complexity index is 1200. The molecular weight excluding hydrogens is 430 g/mol. The minimum Gasteiger partial charge on any atom is -0.380 e. The quantitative estimate of drug-likeness (QED) is 0.539. The summed E-state index contributed by atoms with van der Waals surface area (Å²) in [5.41, 5.74) is 2.32. The number of hydrogen-bond acceptors (Lipinski definition) is 6. The third kappa shape index (κ3) is 3.76. The minimum absolute atomic E-state index is 0.0607. The maximum absolute atomic E-state index is 13.4. The summed E-state index contributed by atoms with van der Waals surface area (Å²) in [5.74, 6) is -0.592. The number of carbonyl (C=O) groups excluding carboxylic acids is 3. The molecule has 1 atom stereocenters. The van der Waals surface area contributed by atoms with Crippen molar-refractivity contribution in [3.63, 3.8) is 0 Å². The fourth-order valence-electron chi connectivity index (χ4n) is 4.09. The van der Waals surface area contributed by atoms with E-state index in [0.29, 0.717) is 43.2 Å². The van der Waals surface area contributed by atoms with Crippen LogP contribution in [-0.2, 0) is 22.5 Å². The molecule has 3 aromatic rings. The van der Waals surface area contributed by atoms with Crippen LogP contribution in [-0.4, -0.2) is 65.7 Å². The van der Waals surface area contributed by atoms with Crippen LogP contribution < -0.4 is 10.6 Å². The molecule has 2 aliphatic rings. The molecule has 2 aliphatic heterocycles. The van der Waals surface area contributed by atoms with Gasteiger partial charge in [0.2, 0.25) is 5.91 Å². The van der Waals surface area contributed by atoms with Crippen molar-refractivity contribution in [2.45, 2.75) is 19.0 Å². The molecule has 0 saturated carbocycles. The Balaban J connectivity index is 1.33. The first kappa shape index (κ1) is 20.7. The lowest BCUT2D eigenvalue weighted by Gasteiger charge is -2.37. The van der Waals surface area contributed by atoms with Gasteiger partial charge in [-0.3, -0.25) is 19.5 Å². The van der Waals surface area contributed by atoms with E-state index >= 15 is 0 Å². The van der Waals surface area contributed by atoms with Crippen molar-refractivity contribution in [3.05, 3.63) is 51.3 Å². The zero-order chi connectivity index (χ0) is 22.2. The highest BCUT2D eigenvalue weighted by atomic mass is 32.1. The van der Waals surface area contributed by atoms with Crippen LogP contribution >= 0.6 is 11.3 Å². The number of amides is 3. The van der Waals surface area contributed by atoms with E-state index in [4.69, 9.17) is 4.74 Å². The average Bonchev–Trinajstić information content (AvgIpc) is 3.41. The number of aromatic amines is 1. The van der Waals surface area contributed by atoms with Crippen molar-refractivity contribution in [2.24, 2.45) is 5.92 Å². The number of nitrogens with zero attached hydrogens (tertiary/aromatic N) is 2. The summed E-state index contributed by atoms with van der Waals surface area (Å²) in [6.07, 6.45) is 2.36. The lowest BCUT2D eigenvalue weighted by Crippen LogP contribution is -2.57. The molecule has 9 nitrogen and oxygen atoms in total. The van der Waals surface area contributed by atoms with Crippen LogP contribution in [0.2, 0.25) is 0 Å². The Morgan fingerprint density at radius 3 is 2.84 bits per heavy atom. The van der Waals surface area contributed by atoms with Gasteiger partial charge in [0.15, 0.2) is 0 Å². The second-order valence-corrected chi connectivity index (χ2v) is 9.21. The van der Waals surface area contributed by atoms with Gasteiger partial charge in [-0.05, 0) is 36.2 Å². The Hall–Kier alpha value is -3.24. The first-order valence-corrected chi connectivity index (χ1v) is 11.3. The van der Waals surface area contributed by atoms with E-state index in [1.807, 2.05) is 6.07 Å². The van der Waals surface area contributed by atoms with Crippen molar-refractivity contribution in [1.82, 2.24) is 25.7 Å². The van der Waals surface area contributed by atoms with Gasteiger partial charge >= 0.3 is 0 Å². The van der Waals surface area contributed by atoms with Crippen LogP contribution in [0.5, 0.6) is 0 Å². The molecule has 3 N–H and O–H groups in total. The van der Waals surface area contributed by atoms with Gasteiger partial charge in [0.05, 0.1) is 29.8 Å². The van der Waals surface area contributed by atoms with E-state index in [9.17, 15) is 14.4 Å². The molecule has 166 valence electrons. The van der Waals surface area contributed by atoms with Crippen molar-refractivity contribution < 1.29 is 19.1 Å². The lowest BCUT2D eigenvalue weighted by atomic mass is 9.95. The summed E-state index contributed by atoms with van der Waals surface area (Å²) in [5, 5.41) is 13.3. The molecule has 2 aromatic heterocycles. The molecule has 0 aliphatic carbocycles. The molecule has 1 fully saturated rings. The van der Waals surface area contributed by atoms with Crippen LogP contribution in [0, 0.1) is 5.92 Å². The molecule has 4 heterocycles. The molecule has 10 heteroatoms. The highest BCUT2D eigenvalue weighted by Gasteiger charge is 2.38. The number of benzene rings is 1. The number of rotatable bonds is 5. The second-order valence-electron chi connectivity index (χ2n) is 8.07. The number of thiophene rings is 1. The Kier molecular flexibility index (Phi) is 5.40. The fourth-order valence-corrected chi connectivity index (χ4v) is 5.20. The van der Waals surface area contributed by atoms with Gasteiger partial charge in [-0.25, -0.2) is 0 Å². The number of ether oxygens (including phenoxy) is 1. The van der Waals surface area contributed by atoms with Crippen LogP contribution in [0.15, 0.2) is 30.5 Å². The maximum atomic E-state index is 13.4. The molecule has 1 saturated heterocycles. The van der Waals surface area contributed by atoms with Gasteiger partial charge in [-0.2, -0.15) is 5.10 Å². The van der Waals surface area contributed by atoms with Gasteiger partial charge in [0.1, 0.15) is 6.04 Å². The van der Waals surface area contributed by atoms with Crippen molar-refractivity contribution in [2.75, 3.05) is 26.8 Å². The van der Waals surface area contributed by atoms with Crippen LogP contribution in [0.4, 0.5) is 0 Å². The average molecular weight is 454 g/mol. The maximum Gasteiger partial charge on any atom is 0.261 e. The first-order chi connectivity index (χ1) is 15.5. The van der Waals surface area contributed by atoms with Gasteiger partial charge < -0.3 is 20.3 Å². The van der Waals surface area contributed by atoms with Crippen molar-refractivity contribution >= 4 is 40.0 Å². The van der Waals surface area contributed by atoms with E-state index in [2.05, 4.69) is 20.8 Å². The van der Waals surface area contributed by atoms with Crippen LogP contribution in [0.25, 0.3) is 10.9 Å². The Morgan fingerprint density at radius 2 is 2.09 bits per heavy atom. The lowest BCUT2D eigenvalue weighted by molar-refractivity contribution is -0.141. The fraction of sp³-hybridized carbons (Fsp3) is 0.364. The number of carbonyl (C=O) groups is 3. The molecule has 3 amide bonds. The molecule has 5 rings (SSSR count). The topological polar surface area (TPSA) is 116 Å². The number of hydrogen-bond donors (Lipinski definition) is 3. The number of aromatic nitrogens is 2. The smallest absolute Gasteiger partial charge is 0.261 e. The standard InChI is InChI=1S/C22H23N5O4S/c1-23-21(29)18-7-14-9-27(5-4-17(14)32-18)22(30)19(15-10-31-11-15)25-20(28)12-2-3-16-13(6-12)8-24-26-16/h2-3,6-8,15,19H,4-5,9-11H2,1H3,(H,23,29)(H,24,26)(H,25,28)/t19-/m1/s1. The summed E-state index contributed by atoms with van der Waals surface area (Å²) in [7, 11) is 1.61. The van der Waals surface area contributed by atoms with E-state index in [1.165, 1.54) is 11.3 Å². The normalized spacial score (nSPS) is 16.8. The summed E-state index contributed by atoms with van der Waals surface area (Å²) in [6, 6.07) is 6.47. The van der Waals surface area contributed by atoms with Crippen LogP contribution in [0.3, 0.4) is 0 Å². The number of H-pyrrole nitrogens is 1. The minimum atomic E-state index is -0.658. The molecule has 0 unspecified atom stereocenters. The molecule has 0 radical (unpaired) electrons. The number of fused-ring (bicyclic) bond motifs is 2. The molecule has 32 heavy (non-hydrogen) atoms. The largest absolute Gasteiger partial charge is 0.380 e. The predicted molar refractivity (Wildman–Crippen MR) is 118 cm³/mol. The molecule has 0 bridgehead atoms. The molecule has 0 spiro atoms. The Labute approximate surface area is 188 Å². The SMILES string of the molecule is CNC(=O)c1cc2c(s1)CCN(C(=O)[C@H](NC(=O)c1ccc3[nH]ncc3c1)C1COC1)C2. The predicted octanol–water partition coefficient (Wildman–Crippen LogP) is 1.31. The third-order valence-electron chi connectivity index (χ3n) is 6.02. The highest BCUT2D eigenvalue weighted by molar-refractivity contribution is 7.14. The van der Waals surface area contributed by atoms with Crippen LogP contribution in [0.1, 0.15) is 30.5 Å². The van der Waals surface area contributed by atoms with Crippen molar-refractivity contribution in [1.29, 1.82) is 0 Å². The van der Waals surface area contributed by atoms with E-state index < -0.39 is 6.04 Å². The molecule has 1 aromatic carbocycles. The highest BCUT2D eigenvalue weighted by Crippen LogP contribution is 2.29. The van der Waals surface area contributed by atoms with Gasteiger partial charge in [0, 0.05) is 41.9 Å². The third-order valence-corrected chi connectivity index (χ3v) is 7.26. The Morgan fingerprint density at radius 1 is 1.25 bits per heavy atom.